The van der Waals surface area contributed by atoms with Crippen molar-refractivity contribution in [1.29, 1.82) is 0 Å². The van der Waals surface area contributed by atoms with Crippen molar-refractivity contribution in [3.05, 3.63) is 20.2 Å². The SMILES string of the molecule is O=[N+]([O-])O[C@@H]1CCC[C@@H](O[N+](=O)[O-])C1. The number of hydrogen-bond donors (Lipinski definition) is 0. The van der Waals surface area contributed by atoms with E-state index in [0.717, 1.165) is 0 Å². The number of hydrogen-bond acceptors (Lipinski definition) is 6. The van der Waals surface area contributed by atoms with E-state index in [4.69, 9.17) is 0 Å². The molecule has 0 aromatic carbocycles. The maximum atomic E-state index is 10.0. The highest BCUT2D eigenvalue weighted by Gasteiger charge is 2.26. The van der Waals surface area contributed by atoms with Crippen molar-refractivity contribution >= 4 is 0 Å². The first-order valence-electron chi connectivity index (χ1n) is 4.20. The summed E-state index contributed by atoms with van der Waals surface area (Å²) in [5.74, 6) is 0. The summed E-state index contributed by atoms with van der Waals surface area (Å²) in [5, 5.41) is 18.3. The van der Waals surface area contributed by atoms with Crippen LogP contribution in [0.1, 0.15) is 25.7 Å². The Morgan fingerprint density at radius 2 is 1.43 bits per heavy atom. The predicted octanol–water partition coefficient (Wildman–Crippen LogP) is 0.714. The Balaban J connectivity index is 2.35. The molecule has 0 unspecified atom stereocenters. The molecule has 0 N–H and O–H groups in total. The van der Waals surface area contributed by atoms with E-state index >= 15 is 0 Å². The monoisotopic (exact) mass is 206 g/mol. The van der Waals surface area contributed by atoms with E-state index in [9.17, 15) is 20.2 Å². The largest absolute Gasteiger partial charge is 0.311 e. The van der Waals surface area contributed by atoms with Gasteiger partial charge in [0.05, 0.1) is 0 Å². The third-order valence-electron chi connectivity index (χ3n) is 2.05. The number of nitrogens with zero attached hydrogens (tertiary/aromatic N) is 2. The Kier molecular flexibility index (Phi) is 3.43. The minimum Gasteiger partial charge on any atom is -0.311 e. The first-order valence-corrected chi connectivity index (χ1v) is 4.20. The Labute approximate surface area is 79.0 Å². The van der Waals surface area contributed by atoms with Crippen molar-refractivity contribution < 1.29 is 19.8 Å². The summed E-state index contributed by atoms with van der Waals surface area (Å²) >= 11 is 0. The lowest BCUT2D eigenvalue weighted by molar-refractivity contribution is -0.780. The van der Waals surface area contributed by atoms with E-state index in [1.807, 2.05) is 0 Å². The van der Waals surface area contributed by atoms with E-state index in [0.29, 0.717) is 19.3 Å². The lowest BCUT2D eigenvalue weighted by atomic mass is 9.95. The molecule has 0 heterocycles. The molecule has 0 saturated heterocycles. The summed E-state index contributed by atoms with van der Waals surface area (Å²) in [5.41, 5.74) is 0. The van der Waals surface area contributed by atoms with Crippen molar-refractivity contribution in [2.24, 2.45) is 0 Å². The zero-order chi connectivity index (χ0) is 10.6. The molecule has 1 rings (SSSR count). The summed E-state index contributed by atoms with van der Waals surface area (Å²) < 4.78 is 0. The molecule has 8 nitrogen and oxygen atoms in total. The van der Waals surface area contributed by atoms with Crippen LogP contribution in [0.3, 0.4) is 0 Å². The van der Waals surface area contributed by atoms with Crippen LogP contribution < -0.4 is 0 Å². The van der Waals surface area contributed by atoms with Gasteiger partial charge in [-0.25, -0.2) is 0 Å². The first-order chi connectivity index (χ1) is 6.58. The van der Waals surface area contributed by atoms with Gasteiger partial charge in [-0.05, 0) is 19.3 Å². The standard InChI is InChI=1S/C6H10N2O6/c9-7(10)13-5-2-1-3-6(4-5)14-8(11)12/h5-6H,1-4H2/t5-,6-/m1/s1. The molecule has 2 atom stereocenters. The Hall–Kier alpha value is -1.60. The van der Waals surface area contributed by atoms with Crippen LogP contribution in [0, 0.1) is 20.2 Å². The van der Waals surface area contributed by atoms with E-state index in [2.05, 4.69) is 9.68 Å². The van der Waals surface area contributed by atoms with Gasteiger partial charge in [0.2, 0.25) is 0 Å². The van der Waals surface area contributed by atoms with Crippen LogP contribution in [0.2, 0.25) is 0 Å². The highest BCUT2D eigenvalue weighted by Crippen LogP contribution is 2.23. The van der Waals surface area contributed by atoms with Crippen LogP contribution in [0.5, 0.6) is 0 Å². The second-order valence-electron chi connectivity index (χ2n) is 3.07. The maximum Gasteiger partial charge on any atom is 0.294 e. The van der Waals surface area contributed by atoms with Crippen molar-refractivity contribution in [3.63, 3.8) is 0 Å². The predicted molar refractivity (Wildman–Crippen MR) is 42.2 cm³/mol. The summed E-state index contributed by atoms with van der Waals surface area (Å²) in [6.07, 6.45) is 0.753. The van der Waals surface area contributed by atoms with E-state index < -0.39 is 22.4 Å². The Morgan fingerprint density at radius 1 is 1.00 bits per heavy atom. The van der Waals surface area contributed by atoms with Gasteiger partial charge >= 0.3 is 0 Å². The van der Waals surface area contributed by atoms with Crippen molar-refractivity contribution in [2.75, 3.05) is 0 Å². The zero-order valence-electron chi connectivity index (χ0n) is 7.33. The van der Waals surface area contributed by atoms with Gasteiger partial charge in [0, 0.05) is 6.42 Å². The zero-order valence-corrected chi connectivity index (χ0v) is 7.33. The van der Waals surface area contributed by atoms with Crippen LogP contribution in [0.4, 0.5) is 0 Å². The van der Waals surface area contributed by atoms with Gasteiger partial charge in [0.1, 0.15) is 12.2 Å². The summed E-state index contributed by atoms with van der Waals surface area (Å²) in [4.78, 5) is 28.7. The van der Waals surface area contributed by atoms with E-state index in [-0.39, 0.29) is 6.42 Å². The summed E-state index contributed by atoms with van der Waals surface area (Å²) in [6.45, 7) is 0. The Bertz CT molecular complexity index is 210. The fraction of sp³-hybridized carbons (Fsp3) is 1.00. The highest BCUT2D eigenvalue weighted by molar-refractivity contribution is 4.71. The molecule has 0 aromatic rings. The maximum absolute atomic E-state index is 10.0. The fourth-order valence-corrected chi connectivity index (χ4v) is 1.54. The average Bonchev–Trinajstić information content (AvgIpc) is 2.01. The first kappa shape index (κ1) is 10.5. The molecule has 8 heteroatoms. The van der Waals surface area contributed by atoms with Crippen LogP contribution in [-0.2, 0) is 9.68 Å². The minimum absolute atomic E-state index is 0.196. The third-order valence-corrected chi connectivity index (χ3v) is 2.05. The molecule has 1 fully saturated rings. The van der Waals surface area contributed by atoms with Crippen molar-refractivity contribution in [2.45, 2.75) is 37.9 Å². The van der Waals surface area contributed by atoms with Gasteiger partial charge < -0.3 is 9.68 Å². The molecule has 0 aliphatic heterocycles. The lowest BCUT2D eigenvalue weighted by Crippen LogP contribution is -2.31. The van der Waals surface area contributed by atoms with E-state index in [1.165, 1.54) is 0 Å². The van der Waals surface area contributed by atoms with Crippen LogP contribution in [0.25, 0.3) is 0 Å². The number of rotatable bonds is 4. The van der Waals surface area contributed by atoms with Gasteiger partial charge in [-0.15, -0.1) is 20.2 Å². The normalized spacial score (nSPS) is 26.6. The molecule has 80 valence electrons. The van der Waals surface area contributed by atoms with Gasteiger partial charge in [0.15, 0.2) is 0 Å². The molecule has 0 aromatic heterocycles. The molecule has 14 heavy (non-hydrogen) atoms. The topological polar surface area (TPSA) is 105 Å². The summed E-state index contributed by atoms with van der Waals surface area (Å²) in [7, 11) is 0. The van der Waals surface area contributed by atoms with Gasteiger partial charge in [0.25, 0.3) is 10.2 Å². The van der Waals surface area contributed by atoms with Crippen molar-refractivity contribution in [1.82, 2.24) is 0 Å². The quantitative estimate of drug-likeness (QED) is 0.495. The molecule has 1 aliphatic rings. The average molecular weight is 206 g/mol. The molecule has 0 bridgehead atoms. The molecular formula is C6H10N2O6. The van der Waals surface area contributed by atoms with Gasteiger partial charge in [-0.2, -0.15) is 0 Å². The van der Waals surface area contributed by atoms with Gasteiger partial charge in [-0.3, -0.25) is 0 Å². The van der Waals surface area contributed by atoms with Crippen LogP contribution in [0.15, 0.2) is 0 Å². The third kappa shape index (κ3) is 3.42. The second kappa shape index (κ2) is 4.58. The molecule has 0 radical (unpaired) electrons. The van der Waals surface area contributed by atoms with Crippen LogP contribution >= 0.6 is 0 Å². The smallest absolute Gasteiger partial charge is 0.294 e. The summed E-state index contributed by atoms with van der Waals surface area (Å²) in [6, 6.07) is 0. The molecule has 1 aliphatic carbocycles. The van der Waals surface area contributed by atoms with Crippen molar-refractivity contribution in [3.8, 4) is 0 Å². The Morgan fingerprint density at radius 3 is 1.79 bits per heavy atom. The molecule has 0 spiro atoms. The minimum atomic E-state index is -0.876. The fourth-order valence-electron chi connectivity index (χ4n) is 1.54. The van der Waals surface area contributed by atoms with Gasteiger partial charge in [-0.1, -0.05) is 0 Å². The molecular weight excluding hydrogens is 196 g/mol. The molecule has 0 amide bonds. The lowest BCUT2D eigenvalue weighted by Gasteiger charge is -2.25. The molecule has 1 saturated carbocycles. The van der Waals surface area contributed by atoms with E-state index in [1.54, 1.807) is 0 Å². The highest BCUT2D eigenvalue weighted by atomic mass is 17.0. The second-order valence-corrected chi connectivity index (χ2v) is 3.07. The van der Waals surface area contributed by atoms with Crippen LogP contribution in [-0.4, -0.2) is 22.4 Å².